The zero-order chi connectivity index (χ0) is 9.26. The van der Waals surface area contributed by atoms with Crippen molar-refractivity contribution in [3.63, 3.8) is 0 Å². The fraction of sp³-hybridized carbons (Fsp3) is 0.500. The lowest BCUT2D eigenvalue weighted by Gasteiger charge is -2.14. The molecule has 4 nitrogen and oxygen atoms in total. The van der Waals surface area contributed by atoms with Crippen molar-refractivity contribution < 1.29 is 4.39 Å². The van der Waals surface area contributed by atoms with E-state index in [-0.39, 0.29) is 12.4 Å². The van der Waals surface area contributed by atoms with Gasteiger partial charge in [0.25, 0.3) is 0 Å². The molecule has 2 N–H and O–H groups in total. The van der Waals surface area contributed by atoms with Gasteiger partial charge in [0.05, 0.1) is 12.6 Å². The van der Waals surface area contributed by atoms with Crippen molar-refractivity contribution in [2.24, 2.45) is 5.73 Å². The summed E-state index contributed by atoms with van der Waals surface area (Å²) in [5.41, 5.74) is 5.54. The van der Waals surface area contributed by atoms with E-state index in [0.717, 1.165) is 0 Å². The van der Waals surface area contributed by atoms with Crippen LogP contribution in [0.5, 0.6) is 0 Å². The van der Waals surface area contributed by atoms with Gasteiger partial charge in [-0.1, -0.05) is 0 Å². The molecule has 1 aliphatic rings. The van der Waals surface area contributed by atoms with Gasteiger partial charge in [-0.15, -0.1) is 17.5 Å². The molecule has 14 heavy (non-hydrogen) atoms. The Hall–Kier alpha value is -0.940. The molecule has 0 aliphatic carbocycles. The minimum atomic E-state index is -0.956. The van der Waals surface area contributed by atoms with Gasteiger partial charge in [-0.05, 0) is 12.1 Å². The SMILES string of the molecule is Cl.N[C@H]1CN(c2cccnn2)C[C@@H]1F. The van der Waals surface area contributed by atoms with Crippen molar-refractivity contribution >= 4 is 18.2 Å². The zero-order valence-corrected chi connectivity index (χ0v) is 8.32. The number of hydrogen-bond acceptors (Lipinski definition) is 4. The summed E-state index contributed by atoms with van der Waals surface area (Å²) in [6.45, 7) is 0.833. The molecule has 1 aromatic heterocycles. The van der Waals surface area contributed by atoms with Gasteiger partial charge in [-0.3, -0.25) is 0 Å². The predicted octanol–water partition coefficient (Wildman–Crippen LogP) is 0.384. The van der Waals surface area contributed by atoms with Gasteiger partial charge in [-0.2, -0.15) is 5.10 Å². The molecule has 1 aromatic rings. The highest BCUT2D eigenvalue weighted by Gasteiger charge is 2.30. The van der Waals surface area contributed by atoms with Crippen molar-refractivity contribution in [2.75, 3.05) is 18.0 Å². The highest BCUT2D eigenvalue weighted by Crippen LogP contribution is 2.17. The van der Waals surface area contributed by atoms with Gasteiger partial charge in [-0.25, -0.2) is 4.39 Å². The van der Waals surface area contributed by atoms with Gasteiger partial charge in [0.15, 0.2) is 5.82 Å². The fourth-order valence-electron chi connectivity index (χ4n) is 1.44. The first-order chi connectivity index (χ1) is 6.27. The Bertz CT molecular complexity index is 274. The predicted molar refractivity (Wildman–Crippen MR) is 54.4 cm³/mol. The summed E-state index contributed by atoms with van der Waals surface area (Å²) < 4.78 is 13.0. The molecule has 1 fully saturated rings. The molecular weight excluding hydrogens is 207 g/mol. The van der Waals surface area contributed by atoms with Crippen LogP contribution in [0.3, 0.4) is 0 Å². The second-order valence-electron chi connectivity index (χ2n) is 3.17. The Morgan fingerprint density at radius 3 is 2.79 bits per heavy atom. The Labute approximate surface area is 87.7 Å². The molecular formula is C8H12ClFN4. The molecule has 0 radical (unpaired) electrons. The third-order valence-corrected chi connectivity index (χ3v) is 2.17. The molecule has 2 rings (SSSR count). The van der Waals surface area contributed by atoms with Crippen molar-refractivity contribution in [1.82, 2.24) is 10.2 Å². The summed E-state index contributed by atoms with van der Waals surface area (Å²) in [7, 11) is 0. The first-order valence-electron chi connectivity index (χ1n) is 4.19. The Balaban J connectivity index is 0.000000980. The average molecular weight is 219 g/mol. The molecule has 0 bridgehead atoms. The standard InChI is InChI=1S/C8H11FN4.ClH/c9-6-4-13(5-7(6)10)8-2-1-3-11-12-8;/h1-3,6-7H,4-5,10H2;1H/t6-,7-;/m0./s1. The Morgan fingerprint density at radius 1 is 1.50 bits per heavy atom. The molecule has 1 saturated heterocycles. The van der Waals surface area contributed by atoms with Crippen LogP contribution in [0, 0.1) is 0 Å². The highest BCUT2D eigenvalue weighted by molar-refractivity contribution is 5.85. The third-order valence-electron chi connectivity index (χ3n) is 2.17. The molecule has 0 amide bonds. The number of rotatable bonds is 1. The molecule has 6 heteroatoms. The topological polar surface area (TPSA) is 55.0 Å². The van der Waals surface area contributed by atoms with Crippen LogP contribution in [0.25, 0.3) is 0 Å². The van der Waals surface area contributed by atoms with Crippen molar-refractivity contribution in [3.8, 4) is 0 Å². The number of halogens is 2. The number of nitrogens with two attached hydrogens (primary N) is 1. The lowest BCUT2D eigenvalue weighted by atomic mass is 10.3. The van der Waals surface area contributed by atoms with E-state index in [1.54, 1.807) is 18.3 Å². The maximum absolute atomic E-state index is 13.0. The summed E-state index contributed by atoms with van der Waals surface area (Å²) in [6.07, 6.45) is 0.633. The first kappa shape index (κ1) is 11.1. The Morgan fingerprint density at radius 2 is 2.29 bits per heavy atom. The highest BCUT2D eigenvalue weighted by atomic mass is 35.5. The quantitative estimate of drug-likeness (QED) is 0.741. The number of hydrogen-bond donors (Lipinski definition) is 1. The van der Waals surface area contributed by atoms with Crippen molar-refractivity contribution in [1.29, 1.82) is 0 Å². The van der Waals surface area contributed by atoms with Crippen LogP contribution in [-0.4, -0.2) is 35.5 Å². The lowest BCUT2D eigenvalue weighted by molar-refractivity contribution is 0.333. The van der Waals surface area contributed by atoms with Gasteiger partial charge >= 0.3 is 0 Å². The first-order valence-corrected chi connectivity index (χ1v) is 4.19. The normalized spacial score (nSPS) is 26.0. The summed E-state index contributed by atoms with van der Waals surface area (Å²) in [5, 5.41) is 7.61. The molecule has 2 atom stereocenters. The molecule has 0 unspecified atom stereocenters. The van der Waals surface area contributed by atoms with E-state index in [1.807, 2.05) is 4.90 Å². The molecule has 1 aliphatic heterocycles. The zero-order valence-electron chi connectivity index (χ0n) is 7.51. The average Bonchev–Trinajstić information content (AvgIpc) is 2.49. The number of nitrogens with zero attached hydrogens (tertiary/aromatic N) is 3. The molecule has 2 heterocycles. The van der Waals surface area contributed by atoms with Crippen LogP contribution in [0.15, 0.2) is 18.3 Å². The molecule has 0 spiro atoms. The van der Waals surface area contributed by atoms with Crippen LogP contribution in [0.2, 0.25) is 0 Å². The van der Waals surface area contributed by atoms with E-state index in [2.05, 4.69) is 10.2 Å². The summed E-state index contributed by atoms with van der Waals surface area (Å²) >= 11 is 0. The summed E-state index contributed by atoms with van der Waals surface area (Å²) in [6, 6.07) is 3.18. The number of alkyl halides is 1. The molecule has 0 saturated carbocycles. The molecule has 78 valence electrons. The monoisotopic (exact) mass is 218 g/mol. The summed E-state index contributed by atoms with van der Waals surface area (Å²) in [4.78, 5) is 1.81. The smallest absolute Gasteiger partial charge is 0.151 e. The van der Waals surface area contributed by atoms with Crippen LogP contribution in [0.1, 0.15) is 0 Å². The maximum Gasteiger partial charge on any atom is 0.151 e. The van der Waals surface area contributed by atoms with Crippen molar-refractivity contribution in [2.45, 2.75) is 12.2 Å². The fourth-order valence-corrected chi connectivity index (χ4v) is 1.44. The van der Waals surface area contributed by atoms with E-state index >= 15 is 0 Å². The van der Waals surface area contributed by atoms with Crippen molar-refractivity contribution in [3.05, 3.63) is 18.3 Å². The van der Waals surface area contributed by atoms with Gasteiger partial charge in [0.2, 0.25) is 0 Å². The summed E-state index contributed by atoms with van der Waals surface area (Å²) in [5.74, 6) is 0.693. The largest absolute Gasteiger partial charge is 0.350 e. The van der Waals surface area contributed by atoms with Gasteiger partial charge < -0.3 is 10.6 Å². The third kappa shape index (κ3) is 2.10. The van der Waals surface area contributed by atoms with Crippen LogP contribution in [0.4, 0.5) is 10.2 Å². The van der Waals surface area contributed by atoms with E-state index < -0.39 is 12.2 Å². The second kappa shape index (κ2) is 4.52. The van der Waals surface area contributed by atoms with Crippen LogP contribution >= 0.6 is 12.4 Å². The maximum atomic E-state index is 13.0. The van der Waals surface area contributed by atoms with E-state index in [9.17, 15) is 4.39 Å². The number of anilines is 1. The van der Waals surface area contributed by atoms with Crippen LogP contribution < -0.4 is 10.6 Å². The van der Waals surface area contributed by atoms with E-state index in [1.165, 1.54) is 0 Å². The molecule has 0 aromatic carbocycles. The van der Waals surface area contributed by atoms with Gasteiger partial charge in [0.1, 0.15) is 6.17 Å². The number of aromatic nitrogens is 2. The minimum Gasteiger partial charge on any atom is -0.350 e. The Kier molecular flexibility index (Phi) is 3.60. The lowest BCUT2D eigenvalue weighted by Crippen LogP contribution is -2.30. The van der Waals surface area contributed by atoms with E-state index in [0.29, 0.717) is 18.9 Å². The van der Waals surface area contributed by atoms with E-state index in [4.69, 9.17) is 5.73 Å². The van der Waals surface area contributed by atoms with Gasteiger partial charge in [0, 0.05) is 12.7 Å². The second-order valence-corrected chi connectivity index (χ2v) is 3.17. The van der Waals surface area contributed by atoms with Crippen LogP contribution in [-0.2, 0) is 0 Å². The minimum absolute atomic E-state index is 0.